The first-order valence-electron chi connectivity index (χ1n) is 6.56. The van der Waals surface area contributed by atoms with Gasteiger partial charge >= 0.3 is 0 Å². The van der Waals surface area contributed by atoms with Crippen LogP contribution in [0.15, 0.2) is 18.2 Å². The van der Waals surface area contributed by atoms with E-state index in [0.29, 0.717) is 12.8 Å². The summed E-state index contributed by atoms with van der Waals surface area (Å²) in [6.45, 7) is 0.206. The molecule has 1 fully saturated rings. The number of carbonyl (C=O) groups is 1. The van der Waals surface area contributed by atoms with Crippen LogP contribution in [-0.4, -0.2) is 23.2 Å². The highest BCUT2D eigenvalue weighted by atomic mass is 19.1. The summed E-state index contributed by atoms with van der Waals surface area (Å²) < 4.78 is 13.3. The molecular formula is C14H19FN2O2. The van der Waals surface area contributed by atoms with Crippen LogP contribution in [0.25, 0.3) is 0 Å². The predicted octanol–water partition coefficient (Wildman–Crippen LogP) is 1.83. The van der Waals surface area contributed by atoms with Crippen LogP contribution < -0.4 is 11.1 Å². The number of hydrogen-bond acceptors (Lipinski definition) is 3. The number of nitrogen functional groups attached to an aromatic ring is 1. The van der Waals surface area contributed by atoms with Crippen molar-refractivity contribution < 1.29 is 14.3 Å². The van der Waals surface area contributed by atoms with Gasteiger partial charge in [0.05, 0.1) is 11.3 Å². The number of carbonyl (C=O) groups excluding carboxylic acids is 1. The first-order chi connectivity index (χ1) is 9.00. The van der Waals surface area contributed by atoms with E-state index in [9.17, 15) is 14.3 Å². The molecule has 1 aromatic carbocycles. The van der Waals surface area contributed by atoms with Gasteiger partial charge in [0, 0.05) is 12.1 Å². The standard InChI is InChI=1S/C14H19FN2O2/c15-11-8-10(4-5-12(11)16)13(18)17-9-14(19)6-2-1-3-7-14/h4-5,8,19H,1-3,6-7,9,16H2,(H,17,18). The summed E-state index contributed by atoms with van der Waals surface area (Å²) in [7, 11) is 0. The molecule has 1 amide bonds. The first-order valence-corrected chi connectivity index (χ1v) is 6.56. The van der Waals surface area contributed by atoms with Crippen molar-refractivity contribution in [1.82, 2.24) is 5.32 Å². The van der Waals surface area contributed by atoms with Crippen LogP contribution in [0.5, 0.6) is 0 Å². The summed E-state index contributed by atoms with van der Waals surface area (Å²) in [6, 6.07) is 3.94. The highest BCUT2D eigenvalue weighted by Crippen LogP contribution is 2.27. The third kappa shape index (κ3) is 3.44. The lowest BCUT2D eigenvalue weighted by Crippen LogP contribution is -2.44. The van der Waals surface area contributed by atoms with Crippen molar-refractivity contribution in [1.29, 1.82) is 0 Å². The van der Waals surface area contributed by atoms with Crippen molar-refractivity contribution in [2.24, 2.45) is 0 Å². The molecule has 1 aliphatic carbocycles. The lowest BCUT2D eigenvalue weighted by molar-refractivity contribution is 0.00525. The molecule has 0 aliphatic heterocycles. The second-order valence-electron chi connectivity index (χ2n) is 5.20. The molecule has 4 nitrogen and oxygen atoms in total. The second-order valence-corrected chi connectivity index (χ2v) is 5.20. The smallest absolute Gasteiger partial charge is 0.251 e. The fourth-order valence-corrected chi connectivity index (χ4v) is 2.40. The van der Waals surface area contributed by atoms with Gasteiger partial charge in [-0.05, 0) is 31.0 Å². The van der Waals surface area contributed by atoms with Crippen LogP contribution in [0.1, 0.15) is 42.5 Å². The number of halogens is 1. The quantitative estimate of drug-likeness (QED) is 0.731. The average Bonchev–Trinajstić information content (AvgIpc) is 2.40. The van der Waals surface area contributed by atoms with E-state index in [1.807, 2.05) is 0 Å². The summed E-state index contributed by atoms with van der Waals surface area (Å²) in [4.78, 5) is 11.9. The Morgan fingerprint density at radius 3 is 2.68 bits per heavy atom. The molecule has 4 N–H and O–H groups in total. The minimum absolute atomic E-state index is 0.0162. The summed E-state index contributed by atoms with van der Waals surface area (Å²) >= 11 is 0. The molecule has 1 aromatic rings. The highest BCUT2D eigenvalue weighted by molar-refractivity contribution is 5.94. The predicted molar refractivity (Wildman–Crippen MR) is 71.2 cm³/mol. The van der Waals surface area contributed by atoms with Gasteiger partial charge in [-0.2, -0.15) is 0 Å². The number of anilines is 1. The maximum Gasteiger partial charge on any atom is 0.251 e. The van der Waals surface area contributed by atoms with Gasteiger partial charge in [0.2, 0.25) is 0 Å². The molecule has 0 atom stereocenters. The molecule has 0 radical (unpaired) electrons. The number of nitrogens with two attached hydrogens (primary N) is 1. The Balaban J connectivity index is 1.95. The number of hydrogen-bond donors (Lipinski definition) is 3. The van der Waals surface area contributed by atoms with Crippen LogP contribution in [0.3, 0.4) is 0 Å². The Labute approximate surface area is 111 Å². The summed E-state index contributed by atoms with van der Waals surface area (Å²) in [6.07, 6.45) is 4.47. The molecular weight excluding hydrogens is 247 g/mol. The van der Waals surface area contributed by atoms with Crippen LogP contribution >= 0.6 is 0 Å². The lowest BCUT2D eigenvalue weighted by Gasteiger charge is -2.32. The molecule has 1 saturated carbocycles. The van der Waals surface area contributed by atoms with E-state index < -0.39 is 17.3 Å². The molecule has 5 heteroatoms. The van der Waals surface area contributed by atoms with Gasteiger partial charge in [0.15, 0.2) is 0 Å². The summed E-state index contributed by atoms with van der Waals surface area (Å²) in [5, 5.41) is 12.9. The monoisotopic (exact) mass is 266 g/mol. The number of amides is 1. The molecule has 0 heterocycles. The fraction of sp³-hybridized carbons (Fsp3) is 0.500. The number of nitrogens with one attached hydrogen (secondary N) is 1. The normalized spacial score (nSPS) is 18.0. The van der Waals surface area contributed by atoms with E-state index in [-0.39, 0.29) is 17.8 Å². The van der Waals surface area contributed by atoms with Gasteiger partial charge in [-0.15, -0.1) is 0 Å². The fourth-order valence-electron chi connectivity index (χ4n) is 2.40. The Morgan fingerprint density at radius 2 is 2.05 bits per heavy atom. The Kier molecular flexibility index (Phi) is 4.04. The van der Waals surface area contributed by atoms with Crippen LogP contribution in [-0.2, 0) is 0 Å². The lowest BCUT2D eigenvalue weighted by atomic mass is 9.85. The third-order valence-electron chi connectivity index (χ3n) is 3.62. The van der Waals surface area contributed by atoms with Crippen molar-refractivity contribution >= 4 is 11.6 Å². The van der Waals surface area contributed by atoms with Crippen LogP contribution in [0, 0.1) is 5.82 Å². The third-order valence-corrected chi connectivity index (χ3v) is 3.62. The number of benzene rings is 1. The van der Waals surface area contributed by atoms with Gasteiger partial charge in [0.1, 0.15) is 5.82 Å². The largest absolute Gasteiger partial charge is 0.396 e. The first kappa shape index (κ1) is 13.8. The molecule has 0 spiro atoms. The molecule has 2 rings (SSSR count). The average molecular weight is 266 g/mol. The number of aliphatic hydroxyl groups is 1. The van der Waals surface area contributed by atoms with Crippen LogP contribution in [0.2, 0.25) is 0 Å². The highest BCUT2D eigenvalue weighted by Gasteiger charge is 2.29. The van der Waals surface area contributed by atoms with Gasteiger partial charge < -0.3 is 16.2 Å². The van der Waals surface area contributed by atoms with Crippen molar-refractivity contribution in [2.75, 3.05) is 12.3 Å². The molecule has 0 saturated heterocycles. The Morgan fingerprint density at radius 1 is 1.37 bits per heavy atom. The van der Waals surface area contributed by atoms with Gasteiger partial charge in [0.25, 0.3) is 5.91 Å². The van der Waals surface area contributed by atoms with Crippen molar-refractivity contribution in [3.05, 3.63) is 29.6 Å². The van der Waals surface area contributed by atoms with E-state index in [4.69, 9.17) is 5.73 Å². The minimum atomic E-state index is -0.819. The SMILES string of the molecule is Nc1ccc(C(=O)NCC2(O)CCCCC2)cc1F. The summed E-state index contributed by atoms with van der Waals surface area (Å²) in [5.41, 5.74) is 4.77. The number of rotatable bonds is 3. The molecule has 19 heavy (non-hydrogen) atoms. The van der Waals surface area contributed by atoms with Crippen molar-refractivity contribution in [3.63, 3.8) is 0 Å². The van der Waals surface area contributed by atoms with E-state index in [2.05, 4.69) is 5.32 Å². The van der Waals surface area contributed by atoms with Gasteiger partial charge in [-0.1, -0.05) is 19.3 Å². The zero-order valence-electron chi connectivity index (χ0n) is 10.8. The van der Waals surface area contributed by atoms with E-state index in [1.165, 1.54) is 12.1 Å². The van der Waals surface area contributed by atoms with Gasteiger partial charge in [-0.3, -0.25) is 4.79 Å². The maximum absolute atomic E-state index is 13.3. The molecule has 0 unspecified atom stereocenters. The zero-order valence-corrected chi connectivity index (χ0v) is 10.8. The molecule has 0 bridgehead atoms. The second kappa shape index (κ2) is 5.57. The van der Waals surface area contributed by atoms with Crippen molar-refractivity contribution in [3.8, 4) is 0 Å². The maximum atomic E-state index is 13.3. The Bertz CT molecular complexity index is 471. The van der Waals surface area contributed by atoms with Crippen LogP contribution in [0.4, 0.5) is 10.1 Å². The van der Waals surface area contributed by atoms with Gasteiger partial charge in [-0.25, -0.2) is 4.39 Å². The van der Waals surface area contributed by atoms with E-state index in [0.717, 1.165) is 25.3 Å². The summed E-state index contributed by atoms with van der Waals surface area (Å²) in [5.74, 6) is -0.998. The Hall–Kier alpha value is -1.62. The van der Waals surface area contributed by atoms with Crippen molar-refractivity contribution in [2.45, 2.75) is 37.7 Å². The minimum Gasteiger partial charge on any atom is -0.396 e. The van der Waals surface area contributed by atoms with E-state index in [1.54, 1.807) is 0 Å². The molecule has 1 aliphatic rings. The van der Waals surface area contributed by atoms with E-state index >= 15 is 0 Å². The molecule has 104 valence electrons. The zero-order chi connectivity index (χ0) is 13.9. The molecule has 0 aromatic heterocycles. The topological polar surface area (TPSA) is 75.4 Å².